The summed E-state index contributed by atoms with van der Waals surface area (Å²) in [7, 11) is 0. The van der Waals surface area contributed by atoms with Crippen molar-refractivity contribution >= 4 is 0 Å². The van der Waals surface area contributed by atoms with Gasteiger partial charge in [0, 0.05) is 18.7 Å². The molecule has 0 aromatic carbocycles. The molecule has 0 aromatic heterocycles. The normalized spacial score (nSPS) is 35.3. The van der Waals surface area contributed by atoms with E-state index in [0.717, 1.165) is 13.0 Å². The van der Waals surface area contributed by atoms with E-state index in [1.165, 1.54) is 0 Å². The second-order valence-corrected chi connectivity index (χ2v) is 4.85. The maximum Gasteiger partial charge on any atom is 0.0726 e. The molecule has 78 valence electrons. The van der Waals surface area contributed by atoms with Crippen molar-refractivity contribution in [3.05, 3.63) is 0 Å². The largest absolute Gasteiger partial charge is 0.389 e. The van der Waals surface area contributed by atoms with E-state index >= 15 is 0 Å². The first-order valence-corrected chi connectivity index (χ1v) is 4.92. The average Bonchev–Trinajstić information content (AvgIpc) is 2.29. The van der Waals surface area contributed by atoms with Crippen LogP contribution < -0.4 is 5.32 Å². The smallest absolute Gasteiger partial charge is 0.0726 e. The third kappa shape index (κ3) is 2.93. The van der Waals surface area contributed by atoms with Gasteiger partial charge in [-0.25, -0.2) is 0 Å². The van der Waals surface area contributed by atoms with E-state index in [-0.39, 0.29) is 11.6 Å². The van der Waals surface area contributed by atoms with Gasteiger partial charge >= 0.3 is 0 Å². The molecule has 1 aliphatic heterocycles. The van der Waals surface area contributed by atoms with E-state index in [1.807, 2.05) is 13.8 Å². The molecule has 1 rings (SSSR count). The SMILES string of the molecule is CC1OCCC1(C)NCC(C)(C)O. The molecule has 0 aromatic rings. The molecule has 0 amide bonds. The second kappa shape index (κ2) is 3.56. The fourth-order valence-corrected chi connectivity index (χ4v) is 1.49. The number of aliphatic hydroxyl groups is 1. The lowest BCUT2D eigenvalue weighted by atomic mass is 9.93. The minimum absolute atomic E-state index is 0.0278. The lowest BCUT2D eigenvalue weighted by molar-refractivity contribution is 0.0510. The average molecular weight is 187 g/mol. The van der Waals surface area contributed by atoms with E-state index in [4.69, 9.17) is 4.74 Å². The molecule has 2 atom stereocenters. The first kappa shape index (κ1) is 11.0. The lowest BCUT2D eigenvalue weighted by Gasteiger charge is -2.32. The highest BCUT2D eigenvalue weighted by molar-refractivity contribution is 4.94. The molecule has 1 heterocycles. The Morgan fingerprint density at radius 3 is 2.62 bits per heavy atom. The molecule has 1 aliphatic rings. The summed E-state index contributed by atoms with van der Waals surface area (Å²) in [6.07, 6.45) is 1.25. The standard InChI is InChI=1S/C10H21NO2/c1-8-10(4,5-6-13-8)11-7-9(2,3)12/h8,11-12H,5-7H2,1-4H3. The predicted molar refractivity (Wildman–Crippen MR) is 52.7 cm³/mol. The third-order valence-corrected chi connectivity index (χ3v) is 2.81. The highest BCUT2D eigenvalue weighted by atomic mass is 16.5. The lowest BCUT2D eigenvalue weighted by Crippen LogP contribution is -2.52. The van der Waals surface area contributed by atoms with Gasteiger partial charge in [0.25, 0.3) is 0 Å². The van der Waals surface area contributed by atoms with Crippen LogP contribution in [-0.2, 0) is 4.74 Å². The van der Waals surface area contributed by atoms with E-state index in [0.29, 0.717) is 6.54 Å². The first-order chi connectivity index (χ1) is 5.83. The molecule has 2 N–H and O–H groups in total. The van der Waals surface area contributed by atoms with Gasteiger partial charge in [0.2, 0.25) is 0 Å². The van der Waals surface area contributed by atoms with Crippen LogP contribution in [0, 0.1) is 0 Å². The summed E-state index contributed by atoms with van der Waals surface area (Å²) in [6.45, 7) is 9.27. The van der Waals surface area contributed by atoms with Crippen molar-refractivity contribution in [1.82, 2.24) is 5.32 Å². The molecular weight excluding hydrogens is 166 g/mol. The number of ether oxygens (including phenoxy) is 1. The molecule has 0 spiro atoms. The minimum Gasteiger partial charge on any atom is -0.389 e. The van der Waals surface area contributed by atoms with Crippen LogP contribution in [0.15, 0.2) is 0 Å². The fraction of sp³-hybridized carbons (Fsp3) is 1.00. The van der Waals surface area contributed by atoms with E-state index in [2.05, 4.69) is 19.2 Å². The predicted octanol–water partition coefficient (Wildman–Crippen LogP) is 0.914. The fourth-order valence-electron chi connectivity index (χ4n) is 1.49. The molecule has 0 bridgehead atoms. The van der Waals surface area contributed by atoms with Crippen LogP contribution in [0.3, 0.4) is 0 Å². The zero-order chi connectivity index (χ0) is 10.1. The van der Waals surface area contributed by atoms with Crippen LogP contribution in [-0.4, -0.2) is 35.5 Å². The maximum atomic E-state index is 9.58. The molecule has 2 unspecified atom stereocenters. The number of nitrogens with one attached hydrogen (secondary N) is 1. The van der Waals surface area contributed by atoms with E-state index < -0.39 is 5.60 Å². The molecule has 1 fully saturated rings. The summed E-state index contributed by atoms with van der Waals surface area (Å²) in [4.78, 5) is 0. The van der Waals surface area contributed by atoms with Gasteiger partial charge in [-0.3, -0.25) is 0 Å². The van der Waals surface area contributed by atoms with Crippen molar-refractivity contribution < 1.29 is 9.84 Å². The summed E-state index contributed by atoms with van der Waals surface area (Å²) >= 11 is 0. The highest BCUT2D eigenvalue weighted by Crippen LogP contribution is 2.25. The monoisotopic (exact) mass is 187 g/mol. The summed E-state index contributed by atoms with van der Waals surface area (Å²) in [5.74, 6) is 0. The summed E-state index contributed by atoms with van der Waals surface area (Å²) in [5.41, 5.74) is -0.620. The van der Waals surface area contributed by atoms with E-state index in [9.17, 15) is 5.11 Å². The Labute approximate surface area is 80.5 Å². The van der Waals surface area contributed by atoms with Gasteiger partial charge in [-0.05, 0) is 34.1 Å². The van der Waals surface area contributed by atoms with Gasteiger partial charge in [0.05, 0.1) is 11.7 Å². The maximum absolute atomic E-state index is 9.58. The molecule has 0 aliphatic carbocycles. The molecule has 3 heteroatoms. The number of hydrogen-bond donors (Lipinski definition) is 2. The molecule has 13 heavy (non-hydrogen) atoms. The Morgan fingerprint density at radius 1 is 1.62 bits per heavy atom. The zero-order valence-electron chi connectivity index (χ0n) is 9.05. The Bertz CT molecular complexity index is 176. The van der Waals surface area contributed by atoms with Gasteiger partial charge in [0.1, 0.15) is 0 Å². The van der Waals surface area contributed by atoms with Crippen LogP contribution in [0.5, 0.6) is 0 Å². The van der Waals surface area contributed by atoms with Crippen LogP contribution in [0.25, 0.3) is 0 Å². The number of β-amino-alcohol motifs (C(OH)–C–C–N with tert-alkyl or cyclic N) is 1. The minimum atomic E-state index is -0.648. The topological polar surface area (TPSA) is 41.5 Å². The molecule has 0 saturated carbocycles. The number of rotatable bonds is 3. The molecular formula is C10H21NO2. The van der Waals surface area contributed by atoms with Crippen molar-refractivity contribution in [2.45, 2.75) is 51.4 Å². The third-order valence-electron chi connectivity index (χ3n) is 2.81. The van der Waals surface area contributed by atoms with Gasteiger partial charge in [-0.2, -0.15) is 0 Å². The Morgan fingerprint density at radius 2 is 2.23 bits per heavy atom. The number of hydrogen-bond acceptors (Lipinski definition) is 3. The van der Waals surface area contributed by atoms with Crippen molar-refractivity contribution in [3.8, 4) is 0 Å². The molecule has 0 radical (unpaired) electrons. The summed E-state index contributed by atoms with van der Waals surface area (Å²) in [5, 5.41) is 12.9. The summed E-state index contributed by atoms with van der Waals surface area (Å²) < 4.78 is 5.49. The van der Waals surface area contributed by atoms with Crippen molar-refractivity contribution in [3.63, 3.8) is 0 Å². The zero-order valence-corrected chi connectivity index (χ0v) is 9.05. The second-order valence-electron chi connectivity index (χ2n) is 4.85. The molecule has 3 nitrogen and oxygen atoms in total. The van der Waals surface area contributed by atoms with Gasteiger partial charge < -0.3 is 15.2 Å². The van der Waals surface area contributed by atoms with Crippen molar-refractivity contribution in [1.29, 1.82) is 0 Å². The van der Waals surface area contributed by atoms with Crippen LogP contribution in [0.2, 0.25) is 0 Å². The highest BCUT2D eigenvalue weighted by Gasteiger charge is 2.37. The Hall–Kier alpha value is -0.120. The van der Waals surface area contributed by atoms with Crippen molar-refractivity contribution in [2.24, 2.45) is 0 Å². The Balaban J connectivity index is 2.43. The van der Waals surface area contributed by atoms with Gasteiger partial charge in [-0.15, -0.1) is 0 Å². The van der Waals surface area contributed by atoms with Crippen molar-refractivity contribution in [2.75, 3.05) is 13.2 Å². The molecule has 1 saturated heterocycles. The van der Waals surface area contributed by atoms with Gasteiger partial charge in [-0.1, -0.05) is 0 Å². The first-order valence-electron chi connectivity index (χ1n) is 4.92. The quantitative estimate of drug-likeness (QED) is 0.690. The van der Waals surface area contributed by atoms with Gasteiger partial charge in [0.15, 0.2) is 0 Å². The van der Waals surface area contributed by atoms with Crippen LogP contribution in [0.4, 0.5) is 0 Å². The van der Waals surface area contributed by atoms with Crippen LogP contribution in [0.1, 0.15) is 34.1 Å². The van der Waals surface area contributed by atoms with Crippen LogP contribution >= 0.6 is 0 Å². The summed E-state index contributed by atoms with van der Waals surface area (Å²) in [6, 6.07) is 0. The van der Waals surface area contributed by atoms with E-state index in [1.54, 1.807) is 0 Å². The Kier molecular flexibility index (Phi) is 3.00.